The Morgan fingerprint density at radius 3 is 2.61 bits per heavy atom. The van der Waals surface area contributed by atoms with Crippen LogP contribution in [0.3, 0.4) is 0 Å². The maximum atomic E-state index is 13.7. The van der Waals surface area contributed by atoms with Gasteiger partial charge in [-0.2, -0.15) is 0 Å². The van der Waals surface area contributed by atoms with E-state index in [1.807, 2.05) is 36.4 Å². The summed E-state index contributed by atoms with van der Waals surface area (Å²) in [6.45, 7) is 1.00. The van der Waals surface area contributed by atoms with E-state index in [4.69, 9.17) is 4.98 Å². The molecule has 41 heavy (non-hydrogen) atoms. The van der Waals surface area contributed by atoms with E-state index in [2.05, 4.69) is 11.4 Å². The first-order valence-corrected chi connectivity index (χ1v) is 14.9. The number of hydrogen-bond donors (Lipinski definition) is 1. The van der Waals surface area contributed by atoms with Gasteiger partial charge in [0.05, 0.1) is 15.8 Å². The highest BCUT2D eigenvalue weighted by molar-refractivity contribution is 7.98. The molecule has 1 N–H and O–H groups in total. The quantitative estimate of drug-likeness (QED) is 0.0732. The zero-order valence-corrected chi connectivity index (χ0v) is 23.6. The normalized spacial score (nSPS) is 13.1. The molecule has 5 rings (SSSR count). The van der Waals surface area contributed by atoms with Gasteiger partial charge in [0.15, 0.2) is 5.16 Å². The van der Waals surface area contributed by atoms with E-state index in [0.29, 0.717) is 46.9 Å². The number of hydrogen-bond acceptors (Lipinski definition) is 6. The van der Waals surface area contributed by atoms with Crippen molar-refractivity contribution in [3.63, 3.8) is 0 Å². The van der Waals surface area contributed by atoms with E-state index in [0.717, 1.165) is 30.4 Å². The van der Waals surface area contributed by atoms with Crippen LogP contribution in [0.1, 0.15) is 53.6 Å². The number of aryl methyl sites for hydroxylation is 1. The average molecular weight is 569 g/mol. The zero-order chi connectivity index (χ0) is 28.6. The number of non-ortho nitro benzene ring substituents is 1. The van der Waals surface area contributed by atoms with Crippen LogP contribution in [-0.2, 0) is 18.7 Å². The largest absolute Gasteiger partial charge is 0.352 e. The summed E-state index contributed by atoms with van der Waals surface area (Å²) in [4.78, 5) is 42.2. The molecule has 1 amide bonds. The van der Waals surface area contributed by atoms with Gasteiger partial charge in [-0.25, -0.2) is 4.98 Å². The Balaban J connectivity index is 1.40. The third kappa shape index (κ3) is 7.29. The minimum atomic E-state index is -0.420. The molecule has 9 heteroatoms. The molecule has 0 saturated carbocycles. The predicted octanol–water partition coefficient (Wildman–Crippen LogP) is 6.46. The van der Waals surface area contributed by atoms with Gasteiger partial charge in [0, 0.05) is 36.5 Å². The third-order valence-electron chi connectivity index (χ3n) is 7.26. The summed E-state index contributed by atoms with van der Waals surface area (Å²) >= 11 is 1.35. The van der Waals surface area contributed by atoms with Crippen LogP contribution in [0.25, 0.3) is 10.9 Å². The first kappa shape index (κ1) is 28.3. The molecule has 0 bridgehead atoms. The van der Waals surface area contributed by atoms with Crippen LogP contribution < -0.4 is 10.9 Å². The van der Waals surface area contributed by atoms with Gasteiger partial charge in [-0.05, 0) is 67.9 Å². The van der Waals surface area contributed by atoms with E-state index in [9.17, 15) is 19.7 Å². The number of nitro groups is 1. The van der Waals surface area contributed by atoms with E-state index < -0.39 is 4.92 Å². The molecule has 0 spiro atoms. The Labute approximate surface area is 242 Å². The minimum absolute atomic E-state index is 0.0199. The Kier molecular flexibility index (Phi) is 9.26. The fourth-order valence-electron chi connectivity index (χ4n) is 5.01. The molecule has 1 aliphatic carbocycles. The number of nitrogens with zero attached hydrogens (tertiary/aromatic N) is 3. The number of thioether (sulfide) groups is 1. The number of benzene rings is 3. The van der Waals surface area contributed by atoms with Crippen LogP contribution in [0.4, 0.5) is 5.69 Å². The Morgan fingerprint density at radius 1 is 1.00 bits per heavy atom. The van der Waals surface area contributed by atoms with Gasteiger partial charge in [0.1, 0.15) is 0 Å². The van der Waals surface area contributed by atoms with Crippen LogP contribution in [-0.4, -0.2) is 26.9 Å². The summed E-state index contributed by atoms with van der Waals surface area (Å²) < 4.78 is 1.66. The lowest BCUT2D eigenvalue weighted by Gasteiger charge is -2.14. The molecule has 1 aliphatic rings. The maximum Gasteiger partial charge on any atom is 0.269 e. The number of rotatable bonds is 11. The molecule has 0 atom stereocenters. The fraction of sp³-hybridized carbons (Fsp3) is 0.281. The molecule has 0 unspecified atom stereocenters. The van der Waals surface area contributed by atoms with E-state index in [-0.39, 0.29) is 17.2 Å². The highest BCUT2D eigenvalue weighted by Crippen LogP contribution is 2.25. The average Bonchev–Trinajstić information content (AvgIpc) is 3.00. The molecule has 1 aromatic heterocycles. The molecule has 4 aromatic rings. The van der Waals surface area contributed by atoms with E-state index >= 15 is 0 Å². The summed E-state index contributed by atoms with van der Waals surface area (Å²) in [5.74, 6) is 0.213. The topological polar surface area (TPSA) is 107 Å². The van der Waals surface area contributed by atoms with Crippen molar-refractivity contribution in [3.05, 3.63) is 122 Å². The second-order valence-electron chi connectivity index (χ2n) is 10.1. The second kappa shape index (κ2) is 13.4. The number of carbonyl (C=O) groups excluding carboxylic acids is 1. The first-order chi connectivity index (χ1) is 20.0. The molecule has 0 saturated heterocycles. The van der Waals surface area contributed by atoms with E-state index in [1.54, 1.807) is 28.8 Å². The van der Waals surface area contributed by atoms with Crippen molar-refractivity contribution in [2.24, 2.45) is 0 Å². The van der Waals surface area contributed by atoms with Crippen molar-refractivity contribution in [2.45, 2.75) is 56.0 Å². The van der Waals surface area contributed by atoms with Crippen molar-refractivity contribution in [1.82, 2.24) is 14.9 Å². The van der Waals surface area contributed by atoms with Crippen molar-refractivity contribution >= 4 is 34.3 Å². The van der Waals surface area contributed by atoms with Crippen molar-refractivity contribution in [3.8, 4) is 0 Å². The van der Waals surface area contributed by atoms with E-state index in [1.165, 1.54) is 42.3 Å². The van der Waals surface area contributed by atoms with Gasteiger partial charge in [-0.3, -0.25) is 24.3 Å². The lowest BCUT2D eigenvalue weighted by atomic mass is 9.97. The van der Waals surface area contributed by atoms with Crippen LogP contribution in [0.2, 0.25) is 0 Å². The predicted molar refractivity (Wildman–Crippen MR) is 162 cm³/mol. The number of allylic oxidation sites excluding steroid dienone is 1. The Morgan fingerprint density at radius 2 is 1.83 bits per heavy atom. The number of nitro benzene ring substituents is 1. The molecule has 0 radical (unpaired) electrons. The molecular weight excluding hydrogens is 536 g/mol. The highest BCUT2D eigenvalue weighted by atomic mass is 32.2. The SMILES string of the molecule is O=C(NCCC1=CCCCC1)c1ccc2c(=O)n(CCc3ccccc3)c(SCc3cccc([N+](=O)[O-])c3)nc2c1. The lowest BCUT2D eigenvalue weighted by Crippen LogP contribution is -2.26. The number of carbonyl (C=O) groups is 1. The highest BCUT2D eigenvalue weighted by Gasteiger charge is 2.16. The smallest absolute Gasteiger partial charge is 0.269 e. The van der Waals surface area contributed by atoms with Crippen molar-refractivity contribution in [1.29, 1.82) is 0 Å². The molecular formula is C32H32N4O4S. The van der Waals surface area contributed by atoms with Crippen LogP contribution in [0.5, 0.6) is 0 Å². The molecule has 0 aliphatic heterocycles. The second-order valence-corrected chi connectivity index (χ2v) is 11.1. The van der Waals surface area contributed by atoms with Crippen LogP contribution in [0, 0.1) is 10.1 Å². The van der Waals surface area contributed by atoms with Gasteiger partial charge in [0.25, 0.3) is 17.2 Å². The van der Waals surface area contributed by atoms with Crippen molar-refractivity contribution in [2.75, 3.05) is 6.54 Å². The molecule has 3 aromatic carbocycles. The number of amides is 1. The fourth-order valence-corrected chi connectivity index (χ4v) is 5.98. The first-order valence-electron chi connectivity index (χ1n) is 13.9. The summed E-state index contributed by atoms with van der Waals surface area (Å²) in [6, 6.07) is 21.4. The van der Waals surface area contributed by atoms with Gasteiger partial charge in [-0.1, -0.05) is 65.9 Å². The van der Waals surface area contributed by atoms with Gasteiger partial charge in [0.2, 0.25) is 0 Å². The minimum Gasteiger partial charge on any atom is -0.352 e. The summed E-state index contributed by atoms with van der Waals surface area (Å²) in [5.41, 5.74) is 4.02. The monoisotopic (exact) mass is 568 g/mol. The molecule has 8 nitrogen and oxygen atoms in total. The number of fused-ring (bicyclic) bond motifs is 1. The molecule has 0 fully saturated rings. The van der Waals surface area contributed by atoms with Gasteiger partial charge < -0.3 is 5.32 Å². The lowest BCUT2D eigenvalue weighted by molar-refractivity contribution is -0.384. The van der Waals surface area contributed by atoms with Crippen LogP contribution >= 0.6 is 11.8 Å². The standard InChI is InChI=1S/C32H32N4O4S/c37-30(33-18-16-23-8-3-1-4-9-23)26-14-15-28-29(21-26)34-32(41-22-25-12-7-13-27(20-25)36(39)40)35(31(28)38)19-17-24-10-5-2-6-11-24/h2,5-8,10-15,20-21H,1,3-4,9,16-19,22H2,(H,33,37). The van der Waals surface area contributed by atoms with Gasteiger partial charge >= 0.3 is 0 Å². The number of nitrogens with one attached hydrogen (secondary N) is 1. The maximum absolute atomic E-state index is 13.7. The number of aromatic nitrogens is 2. The molecule has 1 heterocycles. The van der Waals surface area contributed by atoms with Gasteiger partial charge in [-0.15, -0.1) is 0 Å². The summed E-state index contributed by atoms with van der Waals surface area (Å²) in [6.07, 6.45) is 8.44. The summed E-state index contributed by atoms with van der Waals surface area (Å²) in [7, 11) is 0. The third-order valence-corrected chi connectivity index (χ3v) is 8.30. The van der Waals surface area contributed by atoms with Crippen LogP contribution in [0.15, 0.2) is 94.4 Å². The Hall–Kier alpha value is -4.24. The summed E-state index contributed by atoms with van der Waals surface area (Å²) in [5, 5.41) is 15.2. The zero-order valence-electron chi connectivity index (χ0n) is 22.8. The molecule has 210 valence electrons. The Bertz CT molecular complexity index is 1650. The van der Waals surface area contributed by atoms with Crippen molar-refractivity contribution < 1.29 is 9.72 Å².